The molecule has 0 saturated carbocycles. The highest BCUT2D eigenvalue weighted by molar-refractivity contribution is 7.89. The molecule has 0 spiro atoms. The van der Waals surface area contributed by atoms with Crippen LogP contribution in [0.3, 0.4) is 0 Å². The molecular formula is C23H26N6O3S. The molecule has 1 aromatic heterocycles. The monoisotopic (exact) mass is 466 g/mol. The van der Waals surface area contributed by atoms with Crippen molar-refractivity contribution >= 4 is 21.6 Å². The van der Waals surface area contributed by atoms with Gasteiger partial charge in [0, 0.05) is 30.9 Å². The maximum atomic E-state index is 13.0. The summed E-state index contributed by atoms with van der Waals surface area (Å²) < 4.78 is 27.6. The zero-order valence-electron chi connectivity index (χ0n) is 18.5. The lowest BCUT2D eigenvalue weighted by Crippen LogP contribution is -2.35. The Morgan fingerprint density at radius 2 is 1.76 bits per heavy atom. The minimum absolute atomic E-state index is 0.0356. The van der Waals surface area contributed by atoms with Crippen LogP contribution in [-0.4, -0.2) is 58.5 Å². The molecule has 0 N–H and O–H groups in total. The summed E-state index contributed by atoms with van der Waals surface area (Å²) in [7, 11) is -3.50. The second-order valence-electron chi connectivity index (χ2n) is 8.56. The summed E-state index contributed by atoms with van der Waals surface area (Å²) in [5.74, 6) is 0.311. The highest BCUT2D eigenvalue weighted by atomic mass is 32.2. The number of nitrogens with zero attached hydrogens (tertiary/aromatic N) is 6. The number of anilines is 1. The van der Waals surface area contributed by atoms with Gasteiger partial charge in [-0.05, 0) is 55.2 Å². The molecule has 0 aliphatic carbocycles. The van der Waals surface area contributed by atoms with Crippen LogP contribution < -0.4 is 4.90 Å². The molecule has 9 nitrogen and oxygen atoms in total. The zero-order chi connectivity index (χ0) is 23.0. The van der Waals surface area contributed by atoms with Crippen molar-refractivity contribution in [2.45, 2.75) is 44.0 Å². The number of aryl methyl sites for hydroxylation is 1. The van der Waals surface area contributed by atoms with Crippen molar-refractivity contribution in [3.8, 4) is 11.4 Å². The number of rotatable bonds is 5. The normalized spacial score (nSPS) is 16.7. The summed E-state index contributed by atoms with van der Waals surface area (Å²) in [5, 5.41) is 12.4. The molecule has 3 heterocycles. The second kappa shape index (κ2) is 8.68. The molecule has 0 bridgehead atoms. The fourth-order valence-electron chi connectivity index (χ4n) is 4.39. The van der Waals surface area contributed by atoms with Gasteiger partial charge in [0.2, 0.25) is 15.8 Å². The Hall–Kier alpha value is -3.11. The maximum absolute atomic E-state index is 13.0. The Bertz CT molecular complexity index is 1280. The van der Waals surface area contributed by atoms with E-state index < -0.39 is 10.0 Å². The fourth-order valence-corrected chi connectivity index (χ4v) is 5.95. The van der Waals surface area contributed by atoms with Gasteiger partial charge in [-0.3, -0.25) is 4.79 Å². The minimum Gasteiger partial charge on any atom is -0.310 e. The molecule has 2 aliphatic rings. The highest BCUT2D eigenvalue weighted by Crippen LogP contribution is 2.32. The Morgan fingerprint density at radius 1 is 1.00 bits per heavy atom. The van der Waals surface area contributed by atoms with Crippen LogP contribution in [0, 0.1) is 6.92 Å². The smallest absolute Gasteiger partial charge is 0.250 e. The standard InChI is InChI=1S/C23H26N6O3S/c1-17-5-7-18(8-6-17)23-24-26-29(25-23)16-22(30)28-14-11-19-15-20(9-10-21(19)28)33(31,32)27-12-3-2-4-13-27/h5-10,15H,2-4,11-14,16H2,1H3. The van der Waals surface area contributed by atoms with E-state index in [4.69, 9.17) is 0 Å². The van der Waals surface area contributed by atoms with Gasteiger partial charge in [-0.15, -0.1) is 10.2 Å². The van der Waals surface area contributed by atoms with E-state index in [1.807, 2.05) is 31.2 Å². The first-order valence-electron chi connectivity index (χ1n) is 11.2. The summed E-state index contributed by atoms with van der Waals surface area (Å²) in [6.07, 6.45) is 3.48. The average Bonchev–Trinajstić information content (AvgIpc) is 3.47. The molecule has 2 aromatic carbocycles. The van der Waals surface area contributed by atoms with Gasteiger partial charge in [0.05, 0.1) is 4.90 Å². The van der Waals surface area contributed by atoms with Crippen molar-refractivity contribution < 1.29 is 13.2 Å². The minimum atomic E-state index is -3.50. The zero-order valence-corrected chi connectivity index (χ0v) is 19.3. The van der Waals surface area contributed by atoms with E-state index >= 15 is 0 Å². The molecule has 0 radical (unpaired) electrons. The SMILES string of the molecule is Cc1ccc(-c2nnn(CC(=O)N3CCc4cc(S(=O)(=O)N5CCCCC5)ccc43)n2)cc1. The number of benzene rings is 2. The number of piperidine rings is 1. The van der Waals surface area contributed by atoms with Gasteiger partial charge < -0.3 is 4.90 Å². The molecule has 10 heteroatoms. The first kappa shape index (κ1) is 21.7. The summed E-state index contributed by atoms with van der Waals surface area (Å²) >= 11 is 0. The van der Waals surface area contributed by atoms with Crippen LogP contribution in [0.25, 0.3) is 11.4 Å². The molecule has 5 rings (SSSR count). The van der Waals surface area contributed by atoms with Crippen molar-refractivity contribution in [2.24, 2.45) is 0 Å². The molecule has 3 aromatic rings. The van der Waals surface area contributed by atoms with Gasteiger partial charge >= 0.3 is 0 Å². The van der Waals surface area contributed by atoms with Gasteiger partial charge in [-0.25, -0.2) is 8.42 Å². The fraction of sp³-hybridized carbons (Fsp3) is 0.391. The van der Waals surface area contributed by atoms with E-state index in [1.165, 1.54) is 4.80 Å². The van der Waals surface area contributed by atoms with Crippen LogP contribution in [0.2, 0.25) is 0 Å². The average molecular weight is 467 g/mol. The number of amides is 1. The molecule has 1 saturated heterocycles. The Morgan fingerprint density at radius 3 is 2.52 bits per heavy atom. The van der Waals surface area contributed by atoms with Gasteiger partial charge in [0.1, 0.15) is 6.54 Å². The lowest BCUT2D eigenvalue weighted by molar-refractivity contribution is -0.119. The topological polar surface area (TPSA) is 101 Å². The molecule has 0 unspecified atom stereocenters. The summed E-state index contributed by atoms with van der Waals surface area (Å²) in [6, 6.07) is 12.9. The molecule has 1 fully saturated rings. The quantitative estimate of drug-likeness (QED) is 0.572. The van der Waals surface area contributed by atoms with Gasteiger partial charge in [0.15, 0.2) is 0 Å². The van der Waals surface area contributed by atoms with Gasteiger partial charge in [0.25, 0.3) is 5.91 Å². The van der Waals surface area contributed by atoms with Crippen molar-refractivity contribution in [2.75, 3.05) is 24.5 Å². The highest BCUT2D eigenvalue weighted by Gasteiger charge is 2.30. The van der Waals surface area contributed by atoms with Gasteiger partial charge in [-0.1, -0.05) is 36.2 Å². The molecular weight excluding hydrogens is 440 g/mol. The third kappa shape index (κ3) is 4.28. The first-order chi connectivity index (χ1) is 15.9. The summed E-state index contributed by atoms with van der Waals surface area (Å²) in [5.41, 5.74) is 3.60. The Labute approximate surface area is 193 Å². The molecule has 172 valence electrons. The van der Waals surface area contributed by atoms with Gasteiger partial charge in [-0.2, -0.15) is 9.10 Å². The third-order valence-electron chi connectivity index (χ3n) is 6.24. The van der Waals surface area contributed by atoms with Crippen molar-refractivity contribution in [3.63, 3.8) is 0 Å². The van der Waals surface area contributed by atoms with Crippen LogP contribution in [0.4, 0.5) is 5.69 Å². The third-order valence-corrected chi connectivity index (χ3v) is 8.13. The largest absolute Gasteiger partial charge is 0.310 e. The maximum Gasteiger partial charge on any atom is 0.250 e. The number of fused-ring (bicyclic) bond motifs is 1. The summed E-state index contributed by atoms with van der Waals surface area (Å²) in [4.78, 5) is 16.2. The number of hydrogen-bond acceptors (Lipinski definition) is 6. The van der Waals surface area contributed by atoms with Crippen LogP contribution in [0.1, 0.15) is 30.4 Å². The predicted molar refractivity (Wildman–Crippen MR) is 123 cm³/mol. The van der Waals surface area contributed by atoms with E-state index in [9.17, 15) is 13.2 Å². The predicted octanol–water partition coefficient (Wildman–Crippen LogP) is 2.41. The van der Waals surface area contributed by atoms with E-state index in [0.717, 1.165) is 41.6 Å². The molecule has 2 aliphatic heterocycles. The lowest BCUT2D eigenvalue weighted by atomic mass is 10.1. The van der Waals surface area contributed by atoms with Crippen molar-refractivity contribution in [1.82, 2.24) is 24.5 Å². The lowest BCUT2D eigenvalue weighted by Gasteiger charge is -2.26. The Balaban J connectivity index is 1.30. The molecule has 0 atom stereocenters. The van der Waals surface area contributed by atoms with Crippen LogP contribution >= 0.6 is 0 Å². The van der Waals surface area contributed by atoms with Crippen LogP contribution in [-0.2, 0) is 27.8 Å². The molecule has 1 amide bonds. The second-order valence-corrected chi connectivity index (χ2v) is 10.5. The van der Waals surface area contributed by atoms with Crippen LogP contribution in [0.5, 0.6) is 0 Å². The van der Waals surface area contributed by atoms with E-state index in [2.05, 4.69) is 15.4 Å². The van der Waals surface area contributed by atoms with E-state index in [1.54, 1.807) is 27.4 Å². The number of carbonyl (C=O) groups excluding carboxylic acids is 1. The number of carbonyl (C=O) groups is 1. The van der Waals surface area contributed by atoms with Crippen molar-refractivity contribution in [1.29, 1.82) is 0 Å². The van der Waals surface area contributed by atoms with E-state index in [0.29, 0.717) is 36.8 Å². The molecule has 33 heavy (non-hydrogen) atoms. The number of aromatic nitrogens is 4. The van der Waals surface area contributed by atoms with Crippen LogP contribution in [0.15, 0.2) is 47.4 Å². The summed E-state index contributed by atoms with van der Waals surface area (Å²) in [6.45, 7) is 3.61. The Kier molecular flexibility index (Phi) is 5.71. The van der Waals surface area contributed by atoms with E-state index in [-0.39, 0.29) is 12.5 Å². The number of tetrazole rings is 1. The number of hydrogen-bond donors (Lipinski definition) is 0. The first-order valence-corrected chi connectivity index (χ1v) is 12.6. The van der Waals surface area contributed by atoms with Crippen molar-refractivity contribution in [3.05, 3.63) is 53.6 Å². The number of sulfonamides is 1.